The van der Waals surface area contributed by atoms with E-state index in [0.29, 0.717) is 11.8 Å². The Morgan fingerprint density at radius 2 is 1.24 bits per heavy atom. The van der Waals surface area contributed by atoms with E-state index in [2.05, 4.69) is 93.5 Å². The monoisotopic (exact) mass is 382 g/mol. The van der Waals surface area contributed by atoms with Crippen LogP contribution >= 0.6 is 15.1 Å². The smallest absolute Gasteiger partial charge is 0.126 e. The molecule has 1 nitrogen and oxygen atoms in total. The fourth-order valence-electron chi connectivity index (χ4n) is 3.88. The molecule has 0 N–H and O–H groups in total. The first kappa shape index (κ1) is 22.9. The van der Waals surface area contributed by atoms with Crippen LogP contribution in [-0.2, 0) is 4.57 Å². The van der Waals surface area contributed by atoms with Crippen molar-refractivity contribution in [3.05, 3.63) is 24.3 Å². The lowest BCUT2D eigenvalue weighted by Gasteiger charge is -2.43. The van der Waals surface area contributed by atoms with Gasteiger partial charge in [-0.15, -0.1) is 0 Å². The van der Waals surface area contributed by atoms with Gasteiger partial charge < -0.3 is 4.57 Å². The number of hydrogen-bond donors (Lipinski definition) is 0. The van der Waals surface area contributed by atoms with Crippen molar-refractivity contribution in [1.29, 1.82) is 0 Å². The maximum atomic E-state index is 14.6. The zero-order valence-electron chi connectivity index (χ0n) is 18.2. The predicted octanol–water partition coefficient (Wildman–Crippen LogP) is 6.69. The minimum atomic E-state index is -2.60. The Morgan fingerprint density at radius 1 is 0.840 bits per heavy atom. The molecule has 0 atom stereocenters. The molecule has 0 radical (unpaired) electrons. The first-order valence-corrected chi connectivity index (χ1v) is 13.1. The van der Waals surface area contributed by atoms with Gasteiger partial charge in [-0.3, -0.25) is 0 Å². The van der Waals surface area contributed by atoms with E-state index < -0.39 is 7.14 Å². The molecule has 0 fully saturated rings. The molecule has 0 aliphatic rings. The summed E-state index contributed by atoms with van der Waals surface area (Å²) in [6, 6.07) is 8.67. The second-order valence-electron chi connectivity index (χ2n) is 10.1. The molecule has 0 saturated carbocycles. The van der Waals surface area contributed by atoms with Gasteiger partial charge in [0.1, 0.15) is 7.14 Å². The predicted molar refractivity (Wildman–Crippen MR) is 119 cm³/mol. The zero-order valence-corrected chi connectivity index (χ0v) is 20.0. The fourth-order valence-corrected chi connectivity index (χ4v) is 11.9. The Morgan fingerprint density at radius 3 is 1.60 bits per heavy atom. The summed E-state index contributed by atoms with van der Waals surface area (Å²) < 4.78 is 14.6. The number of benzene rings is 1. The van der Waals surface area contributed by atoms with Gasteiger partial charge in [0.05, 0.1) is 0 Å². The van der Waals surface area contributed by atoms with Crippen LogP contribution in [0.5, 0.6) is 0 Å². The molecule has 1 rings (SSSR count). The summed E-state index contributed by atoms with van der Waals surface area (Å²) in [5.74, 6) is 1.34. The van der Waals surface area contributed by atoms with Crippen LogP contribution in [0.4, 0.5) is 0 Å². The molecular weight excluding hydrogens is 342 g/mol. The summed E-state index contributed by atoms with van der Waals surface area (Å²) in [5, 5.41) is 2.08. The Hall–Kier alpha value is -0.120. The van der Waals surface area contributed by atoms with Crippen molar-refractivity contribution < 1.29 is 4.57 Å². The van der Waals surface area contributed by atoms with Gasteiger partial charge in [0.2, 0.25) is 0 Å². The van der Waals surface area contributed by atoms with Gasteiger partial charge in [-0.25, -0.2) is 0 Å². The molecule has 3 heteroatoms. The van der Waals surface area contributed by atoms with Crippen LogP contribution in [0.25, 0.3) is 0 Å². The highest BCUT2D eigenvalue weighted by Gasteiger charge is 2.48. The van der Waals surface area contributed by atoms with Gasteiger partial charge in [0.15, 0.2) is 0 Å². The van der Waals surface area contributed by atoms with E-state index in [1.165, 1.54) is 17.6 Å². The summed E-state index contributed by atoms with van der Waals surface area (Å²) in [4.78, 5) is 0. The van der Waals surface area contributed by atoms with E-state index >= 15 is 0 Å². The normalized spacial score (nSPS) is 14.0. The third kappa shape index (κ3) is 5.20. The highest BCUT2D eigenvalue weighted by Crippen LogP contribution is 2.66. The molecule has 0 aliphatic heterocycles. The second-order valence-corrected chi connectivity index (χ2v) is 16.8. The third-order valence-electron chi connectivity index (χ3n) is 4.62. The van der Waals surface area contributed by atoms with Crippen LogP contribution in [0.15, 0.2) is 24.3 Å². The lowest BCUT2D eigenvalue weighted by Crippen LogP contribution is -2.40. The summed E-state index contributed by atoms with van der Waals surface area (Å²) in [7, 11) is -2.89. The van der Waals surface area contributed by atoms with E-state index in [1.54, 1.807) is 0 Å². The van der Waals surface area contributed by atoms with Crippen molar-refractivity contribution in [2.75, 3.05) is 12.3 Å². The van der Waals surface area contributed by atoms with Gasteiger partial charge >= 0.3 is 0 Å². The summed E-state index contributed by atoms with van der Waals surface area (Å²) >= 11 is 0. The summed E-state index contributed by atoms with van der Waals surface area (Å²) in [5.41, 5.74) is 0. The quantitative estimate of drug-likeness (QED) is 0.501. The molecule has 1 aromatic rings. The zero-order chi connectivity index (χ0) is 19.6. The first-order valence-electron chi connectivity index (χ1n) is 9.66. The van der Waals surface area contributed by atoms with Crippen molar-refractivity contribution in [2.45, 2.75) is 79.5 Å². The van der Waals surface area contributed by atoms with Gasteiger partial charge in [-0.1, -0.05) is 101 Å². The Labute approximate surface area is 158 Å². The highest BCUT2D eigenvalue weighted by molar-refractivity contribution is 7.77. The van der Waals surface area contributed by atoms with E-state index in [1.807, 2.05) is 0 Å². The molecule has 0 unspecified atom stereocenters. The van der Waals surface area contributed by atoms with Crippen molar-refractivity contribution in [3.8, 4) is 0 Å². The van der Waals surface area contributed by atoms with Crippen LogP contribution in [0.2, 0.25) is 0 Å². The molecule has 0 amide bonds. The topological polar surface area (TPSA) is 17.1 Å². The minimum Gasteiger partial charge on any atom is -0.318 e. The number of hydrogen-bond acceptors (Lipinski definition) is 1. The van der Waals surface area contributed by atoms with Gasteiger partial charge in [0.25, 0.3) is 0 Å². The van der Waals surface area contributed by atoms with Gasteiger partial charge in [-0.05, 0) is 29.5 Å². The van der Waals surface area contributed by atoms with Crippen LogP contribution in [0, 0.1) is 11.8 Å². The second kappa shape index (κ2) is 8.27. The molecule has 25 heavy (non-hydrogen) atoms. The van der Waals surface area contributed by atoms with Gasteiger partial charge in [-0.2, -0.15) is 0 Å². The van der Waals surface area contributed by atoms with E-state index in [4.69, 9.17) is 0 Å². The minimum absolute atomic E-state index is 0.238. The van der Waals surface area contributed by atoms with Crippen molar-refractivity contribution in [3.63, 3.8) is 0 Å². The molecule has 0 heterocycles. The molecule has 0 saturated heterocycles. The fraction of sp³-hybridized carbons (Fsp3) is 0.727. The van der Waals surface area contributed by atoms with Crippen molar-refractivity contribution >= 4 is 25.7 Å². The largest absolute Gasteiger partial charge is 0.318 e. The first-order chi connectivity index (χ1) is 11.2. The summed E-state index contributed by atoms with van der Waals surface area (Å²) in [6.07, 6.45) is 2.44. The maximum absolute atomic E-state index is 14.6. The van der Waals surface area contributed by atoms with Crippen molar-refractivity contribution in [1.82, 2.24) is 0 Å². The molecule has 144 valence electrons. The lowest BCUT2D eigenvalue weighted by molar-refractivity contribution is 0.528. The molecule has 0 spiro atoms. The lowest BCUT2D eigenvalue weighted by atomic mass is 10.2. The molecular formula is C22H40OP2. The Balaban J connectivity index is 3.64. The molecule has 0 aliphatic carbocycles. The van der Waals surface area contributed by atoms with E-state index in [0.717, 1.165) is 5.30 Å². The maximum Gasteiger partial charge on any atom is 0.126 e. The summed E-state index contributed by atoms with van der Waals surface area (Å²) in [6.45, 7) is 22.2. The Kier molecular flexibility index (Phi) is 7.58. The molecule has 0 aromatic heterocycles. The Bertz CT molecular complexity index is 575. The standard InChI is InChI=1S/C22H40OP2/c1-17(2)15-24(16-18(3)4)19-13-11-12-14-20(19)25(23,21(5,6)7)22(8,9)10/h11-14,17-18H,15-16H2,1-10H3. The average molecular weight is 383 g/mol. The van der Waals surface area contributed by atoms with Crippen LogP contribution in [0.1, 0.15) is 69.2 Å². The van der Waals surface area contributed by atoms with Crippen LogP contribution < -0.4 is 10.6 Å². The SMILES string of the molecule is CC(C)CP(CC(C)C)c1ccccc1P(=O)(C(C)(C)C)C(C)(C)C. The average Bonchev–Trinajstić information content (AvgIpc) is 2.42. The van der Waals surface area contributed by atoms with Gasteiger partial charge in [0, 0.05) is 15.6 Å². The van der Waals surface area contributed by atoms with E-state index in [9.17, 15) is 4.57 Å². The number of rotatable bonds is 6. The van der Waals surface area contributed by atoms with E-state index in [-0.39, 0.29) is 18.2 Å². The third-order valence-corrected chi connectivity index (χ3v) is 13.1. The molecule has 0 bridgehead atoms. The highest BCUT2D eigenvalue weighted by atomic mass is 31.2. The molecule has 1 aromatic carbocycles. The van der Waals surface area contributed by atoms with Crippen LogP contribution in [0.3, 0.4) is 0 Å². The van der Waals surface area contributed by atoms with Crippen LogP contribution in [-0.4, -0.2) is 22.6 Å². The van der Waals surface area contributed by atoms with Crippen molar-refractivity contribution in [2.24, 2.45) is 11.8 Å².